The molecule has 0 aromatic heterocycles. The molecule has 1 rings (SSSR count). The summed E-state index contributed by atoms with van der Waals surface area (Å²) in [5.74, 6) is -1.56. The molecular weight excluding hydrogens is 310 g/mol. The number of aliphatic carboxylic acids is 1. The van der Waals surface area contributed by atoms with Crippen molar-refractivity contribution in [3.8, 4) is 5.75 Å². The Morgan fingerprint density at radius 3 is 2.32 bits per heavy atom. The lowest BCUT2D eigenvalue weighted by Gasteiger charge is -2.25. The fourth-order valence-electron chi connectivity index (χ4n) is 1.87. The number of methoxy groups -OCH3 is 1. The number of carbonyl (C=O) groups is 2. The summed E-state index contributed by atoms with van der Waals surface area (Å²) in [5.41, 5.74) is 0.0142. The van der Waals surface area contributed by atoms with Gasteiger partial charge in [0.1, 0.15) is 12.3 Å². The average molecular weight is 329 g/mol. The minimum atomic E-state index is -3.50. The number of amides is 1. The van der Waals surface area contributed by atoms with Crippen molar-refractivity contribution in [1.82, 2.24) is 4.90 Å². The predicted molar refractivity (Wildman–Crippen MR) is 79.9 cm³/mol. The summed E-state index contributed by atoms with van der Waals surface area (Å²) in [6.07, 6.45) is 1.03. The second-order valence-electron chi connectivity index (χ2n) is 5.05. The van der Waals surface area contributed by atoms with Crippen LogP contribution in [0.25, 0.3) is 0 Å². The Morgan fingerprint density at radius 1 is 1.32 bits per heavy atom. The topological polar surface area (TPSA) is 101 Å². The Morgan fingerprint density at radius 2 is 1.91 bits per heavy atom. The van der Waals surface area contributed by atoms with Gasteiger partial charge in [0, 0.05) is 12.3 Å². The van der Waals surface area contributed by atoms with E-state index in [0.29, 0.717) is 0 Å². The lowest BCUT2D eigenvalue weighted by atomic mass is 10.1. The van der Waals surface area contributed by atoms with Crippen LogP contribution < -0.4 is 4.74 Å². The molecule has 0 aliphatic heterocycles. The highest BCUT2D eigenvalue weighted by Crippen LogP contribution is 2.24. The highest BCUT2D eigenvalue weighted by Gasteiger charge is 2.25. The van der Waals surface area contributed by atoms with E-state index in [4.69, 9.17) is 9.84 Å². The number of benzene rings is 1. The van der Waals surface area contributed by atoms with Gasteiger partial charge in [0.15, 0.2) is 9.84 Å². The van der Waals surface area contributed by atoms with Crippen molar-refractivity contribution in [1.29, 1.82) is 0 Å². The summed E-state index contributed by atoms with van der Waals surface area (Å²) >= 11 is 0. The molecule has 22 heavy (non-hydrogen) atoms. The molecule has 8 heteroatoms. The van der Waals surface area contributed by atoms with Crippen LogP contribution in [0.3, 0.4) is 0 Å². The van der Waals surface area contributed by atoms with Crippen molar-refractivity contribution in [3.63, 3.8) is 0 Å². The van der Waals surface area contributed by atoms with E-state index >= 15 is 0 Å². The van der Waals surface area contributed by atoms with Gasteiger partial charge in [-0.25, -0.2) is 8.42 Å². The molecule has 1 N–H and O–H groups in total. The van der Waals surface area contributed by atoms with Crippen LogP contribution in [-0.2, 0) is 14.6 Å². The van der Waals surface area contributed by atoms with E-state index in [1.807, 2.05) is 0 Å². The summed E-state index contributed by atoms with van der Waals surface area (Å²) in [6, 6.07) is 3.55. The van der Waals surface area contributed by atoms with E-state index in [9.17, 15) is 18.0 Å². The highest BCUT2D eigenvalue weighted by atomic mass is 32.2. The Kier molecular flexibility index (Phi) is 5.54. The quantitative estimate of drug-likeness (QED) is 0.836. The number of carbonyl (C=O) groups excluding carboxylic acids is 1. The van der Waals surface area contributed by atoms with Gasteiger partial charge in [-0.2, -0.15) is 0 Å². The van der Waals surface area contributed by atoms with Gasteiger partial charge in [0.2, 0.25) is 0 Å². The van der Waals surface area contributed by atoms with Gasteiger partial charge in [0.25, 0.3) is 5.91 Å². The number of hydrogen-bond acceptors (Lipinski definition) is 5. The van der Waals surface area contributed by atoms with Crippen molar-refractivity contribution >= 4 is 21.7 Å². The second kappa shape index (κ2) is 6.78. The van der Waals surface area contributed by atoms with Crippen LogP contribution in [0.15, 0.2) is 23.1 Å². The minimum Gasteiger partial charge on any atom is -0.496 e. The molecule has 0 atom stereocenters. The zero-order chi connectivity index (χ0) is 17.1. The second-order valence-corrected chi connectivity index (χ2v) is 7.07. The molecule has 0 aliphatic rings. The number of rotatable bonds is 6. The molecule has 0 heterocycles. The van der Waals surface area contributed by atoms with E-state index < -0.39 is 28.3 Å². The number of carboxylic acids is 1. The third-order valence-corrected chi connectivity index (χ3v) is 4.13. The molecule has 0 aliphatic carbocycles. The fraction of sp³-hybridized carbons (Fsp3) is 0.429. The van der Waals surface area contributed by atoms with Crippen LogP contribution in [0.1, 0.15) is 24.2 Å². The summed E-state index contributed by atoms with van der Waals surface area (Å²) in [5, 5.41) is 8.92. The zero-order valence-electron chi connectivity index (χ0n) is 12.9. The molecule has 1 aromatic rings. The van der Waals surface area contributed by atoms with E-state index in [0.717, 1.165) is 11.2 Å². The van der Waals surface area contributed by atoms with Gasteiger partial charge in [-0.3, -0.25) is 9.59 Å². The van der Waals surface area contributed by atoms with Crippen molar-refractivity contribution in [3.05, 3.63) is 23.8 Å². The van der Waals surface area contributed by atoms with Crippen LogP contribution in [0, 0.1) is 0 Å². The molecule has 7 nitrogen and oxygen atoms in total. The van der Waals surface area contributed by atoms with E-state index in [1.165, 1.54) is 25.3 Å². The highest BCUT2D eigenvalue weighted by molar-refractivity contribution is 7.90. The van der Waals surface area contributed by atoms with Gasteiger partial charge in [-0.15, -0.1) is 0 Å². The lowest BCUT2D eigenvalue weighted by molar-refractivity contribution is -0.138. The molecule has 1 aromatic carbocycles. The molecule has 0 spiro atoms. The van der Waals surface area contributed by atoms with Crippen LogP contribution >= 0.6 is 0 Å². The SMILES string of the molecule is COc1ccc(S(C)(=O)=O)cc1C(=O)N(CC(=O)O)C(C)C. The molecule has 122 valence electrons. The van der Waals surface area contributed by atoms with E-state index in [1.54, 1.807) is 13.8 Å². The number of carboxylic acid groups (broad SMARTS) is 1. The monoisotopic (exact) mass is 329 g/mol. The largest absolute Gasteiger partial charge is 0.496 e. The van der Waals surface area contributed by atoms with Crippen LogP contribution in [0.4, 0.5) is 0 Å². The van der Waals surface area contributed by atoms with Gasteiger partial charge in [0.05, 0.1) is 17.6 Å². The van der Waals surface area contributed by atoms with Gasteiger partial charge < -0.3 is 14.7 Å². The summed E-state index contributed by atoms with van der Waals surface area (Å²) in [7, 11) is -2.15. The first-order valence-electron chi connectivity index (χ1n) is 6.48. The number of ether oxygens (including phenoxy) is 1. The Balaban J connectivity index is 3.38. The van der Waals surface area contributed by atoms with Gasteiger partial charge in [-0.05, 0) is 32.0 Å². The third-order valence-electron chi connectivity index (χ3n) is 3.02. The van der Waals surface area contributed by atoms with Crippen LogP contribution in [0.2, 0.25) is 0 Å². The first-order valence-corrected chi connectivity index (χ1v) is 8.38. The molecule has 0 bridgehead atoms. The molecule has 0 saturated heterocycles. The number of nitrogens with zero attached hydrogens (tertiary/aromatic N) is 1. The molecule has 0 radical (unpaired) electrons. The summed E-state index contributed by atoms with van der Waals surface area (Å²) in [6.45, 7) is 2.87. The smallest absolute Gasteiger partial charge is 0.323 e. The third kappa shape index (κ3) is 4.20. The van der Waals surface area contributed by atoms with Crippen LogP contribution in [0.5, 0.6) is 5.75 Å². The van der Waals surface area contributed by atoms with Gasteiger partial charge >= 0.3 is 5.97 Å². The molecule has 0 fully saturated rings. The maximum Gasteiger partial charge on any atom is 0.323 e. The Labute approximate surface area is 129 Å². The Hall–Kier alpha value is -2.09. The van der Waals surface area contributed by atoms with E-state index in [-0.39, 0.29) is 22.3 Å². The maximum atomic E-state index is 12.6. The Bertz CT molecular complexity index is 681. The summed E-state index contributed by atoms with van der Waals surface area (Å²) in [4.78, 5) is 24.6. The predicted octanol–water partition coefficient (Wildman–Crippen LogP) is 1.03. The van der Waals surface area contributed by atoms with Crippen molar-refractivity contribution in [2.75, 3.05) is 19.9 Å². The maximum absolute atomic E-state index is 12.6. The van der Waals surface area contributed by atoms with E-state index in [2.05, 4.69) is 0 Å². The first-order chi connectivity index (χ1) is 10.1. The first kappa shape index (κ1) is 18.0. The normalized spacial score (nSPS) is 11.3. The number of sulfone groups is 1. The average Bonchev–Trinajstić information content (AvgIpc) is 2.41. The minimum absolute atomic E-state index is 0.0142. The number of hydrogen-bond donors (Lipinski definition) is 1. The fourth-order valence-corrected chi connectivity index (χ4v) is 2.52. The molecule has 0 unspecified atom stereocenters. The molecule has 1 amide bonds. The van der Waals surface area contributed by atoms with Crippen molar-refractivity contribution in [2.45, 2.75) is 24.8 Å². The summed E-state index contributed by atoms with van der Waals surface area (Å²) < 4.78 is 28.3. The van der Waals surface area contributed by atoms with Crippen molar-refractivity contribution in [2.24, 2.45) is 0 Å². The van der Waals surface area contributed by atoms with Crippen LogP contribution in [-0.4, -0.2) is 56.3 Å². The molecular formula is C14H19NO6S. The zero-order valence-corrected chi connectivity index (χ0v) is 13.7. The lowest BCUT2D eigenvalue weighted by Crippen LogP contribution is -2.40. The van der Waals surface area contributed by atoms with Gasteiger partial charge in [-0.1, -0.05) is 0 Å². The molecule has 0 saturated carbocycles. The standard InChI is InChI=1S/C14H19NO6S/c1-9(2)15(8-13(16)17)14(18)11-7-10(22(4,19)20)5-6-12(11)21-3/h5-7,9H,8H2,1-4H3,(H,16,17). The van der Waals surface area contributed by atoms with Crippen molar-refractivity contribution < 1.29 is 27.9 Å².